The van der Waals surface area contributed by atoms with Crippen molar-refractivity contribution in [2.45, 2.75) is 25.4 Å². The van der Waals surface area contributed by atoms with E-state index in [1.54, 1.807) is 0 Å². The van der Waals surface area contributed by atoms with Crippen molar-refractivity contribution in [1.82, 2.24) is 9.88 Å². The topological polar surface area (TPSA) is 45.4 Å². The zero-order valence-corrected chi connectivity index (χ0v) is 10.8. The molecule has 0 bridgehead atoms. The molecule has 1 atom stereocenters. The first-order valence-electron chi connectivity index (χ1n) is 6.26. The molecule has 0 aromatic carbocycles. The standard InChI is InChI=1S/C13H22N4/c1-16(2)12-4-3-7-17(10-12)13-5-6-15-9-11(13)8-14/h5-6,9,12H,3-4,7-8,10,14H2,1-2H3. The van der Waals surface area contributed by atoms with E-state index in [-0.39, 0.29) is 0 Å². The molecule has 0 aliphatic carbocycles. The molecule has 4 heteroatoms. The largest absolute Gasteiger partial charge is 0.370 e. The van der Waals surface area contributed by atoms with E-state index in [0.717, 1.165) is 18.7 Å². The van der Waals surface area contributed by atoms with Crippen LogP contribution in [0.25, 0.3) is 0 Å². The molecule has 2 N–H and O–H groups in total. The highest BCUT2D eigenvalue weighted by Gasteiger charge is 2.22. The van der Waals surface area contributed by atoms with Crippen molar-refractivity contribution >= 4 is 5.69 Å². The van der Waals surface area contributed by atoms with Crippen molar-refractivity contribution < 1.29 is 0 Å². The maximum Gasteiger partial charge on any atom is 0.0443 e. The summed E-state index contributed by atoms with van der Waals surface area (Å²) in [4.78, 5) is 8.91. The highest BCUT2D eigenvalue weighted by Crippen LogP contribution is 2.24. The molecule has 0 saturated carbocycles. The molecule has 1 fully saturated rings. The Kier molecular flexibility index (Phi) is 3.97. The van der Waals surface area contributed by atoms with Crippen LogP contribution in [0.3, 0.4) is 0 Å². The summed E-state index contributed by atoms with van der Waals surface area (Å²) in [6, 6.07) is 2.72. The van der Waals surface area contributed by atoms with Crippen LogP contribution in [0.5, 0.6) is 0 Å². The third-order valence-corrected chi connectivity index (χ3v) is 3.57. The number of anilines is 1. The summed E-state index contributed by atoms with van der Waals surface area (Å²) in [7, 11) is 4.31. The van der Waals surface area contributed by atoms with Crippen LogP contribution in [0.15, 0.2) is 18.5 Å². The zero-order chi connectivity index (χ0) is 12.3. The Morgan fingerprint density at radius 2 is 2.35 bits per heavy atom. The van der Waals surface area contributed by atoms with Crippen LogP contribution in [0.4, 0.5) is 5.69 Å². The molecule has 0 radical (unpaired) electrons. The number of piperidine rings is 1. The van der Waals surface area contributed by atoms with Gasteiger partial charge in [0.25, 0.3) is 0 Å². The lowest BCUT2D eigenvalue weighted by atomic mass is 10.0. The summed E-state index contributed by atoms with van der Waals surface area (Å²) in [5.74, 6) is 0. The van der Waals surface area contributed by atoms with Gasteiger partial charge in [-0.2, -0.15) is 0 Å². The molecule has 2 rings (SSSR count). The first-order valence-corrected chi connectivity index (χ1v) is 6.26. The quantitative estimate of drug-likeness (QED) is 0.850. The molecular weight excluding hydrogens is 212 g/mol. The van der Waals surface area contributed by atoms with Crippen molar-refractivity contribution in [1.29, 1.82) is 0 Å². The summed E-state index contributed by atoms with van der Waals surface area (Å²) < 4.78 is 0. The normalized spacial score (nSPS) is 20.9. The summed E-state index contributed by atoms with van der Waals surface area (Å²) in [5, 5.41) is 0. The van der Waals surface area contributed by atoms with Crippen molar-refractivity contribution in [2.24, 2.45) is 5.73 Å². The molecule has 94 valence electrons. The van der Waals surface area contributed by atoms with Crippen LogP contribution in [-0.2, 0) is 6.54 Å². The van der Waals surface area contributed by atoms with Crippen molar-refractivity contribution in [3.8, 4) is 0 Å². The first-order chi connectivity index (χ1) is 8.22. The van der Waals surface area contributed by atoms with Gasteiger partial charge in [0.1, 0.15) is 0 Å². The van der Waals surface area contributed by atoms with Gasteiger partial charge in [0.15, 0.2) is 0 Å². The van der Waals surface area contributed by atoms with E-state index in [1.165, 1.54) is 18.5 Å². The Labute approximate surface area is 103 Å². The third kappa shape index (κ3) is 2.76. The van der Waals surface area contributed by atoms with Gasteiger partial charge in [0, 0.05) is 49.3 Å². The predicted molar refractivity (Wildman–Crippen MR) is 71.1 cm³/mol. The predicted octanol–water partition coefficient (Wildman–Crippen LogP) is 1.07. The Hall–Kier alpha value is -1.13. The summed E-state index contributed by atoms with van der Waals surface area (Å²) >= 11 is 0. The molecule has 1 unspecified atom stereocenters. The number of aromatic nitrogens is 1. The minimum atomic E-state index is 0.562. The van der Waals surface area contributed by atoms with E-state index < -0.39 is 0 Å². The van der Waals surface area contributed by atoms with Crippen molar-refractivity contribution in [3.05, 3.63) is 24.0 Å². The van der Waals surface area contributed by atoms with Crippen molar-refractivity contribution in [3.63, 3.8) is 0 Å². The number of hydrogen-bond acceptors (Lipinski definition) is 4. The monoisotopic (exact) mass is 234 g/mol. The minimum absolute atomic E-state index is 0.562. The molecule has 1 aromatic heterocycles. The number of rotatable bonds is 3. The minimum Gasteiger partial charge on any atom is -0.370 e. The van der Waals surface area contributed by atoms with Crippen LogP contribution < -0.4 is 10.6 Å². The Balaban J connectivity index is 2.16. The molecule has 2 heterocycles. The van der Waals surface area contributed by atoms with Crippen LogP contribution in [0.1, 0.15) is 18.4 Å². The lowest BCUT2D eigenvalue weighted by Crippen LogP contribution is -2.45. The van der Waals surface area contributed by atoms with Gasteiger partial charge in [0.05, 0.1) is 0 Å². The maximum absolute atomic E-state index is 5.77. The maximum atomic E-state index is 5.77. The number of nitrogens with zero attached hydrogens (tertiary/aromatic N) is 3. The molecule has 1 aliphatic heterocycles. The third-order valence-electron chi connectivity index (χ3n) is 3.57. The molecule has 1 aliphatic rings. The number of nitrogens with two attached hydrogens (primary N) is 1. The fraction of sp³-hybridized carbons (Fsp3) is 0.615. The first kappa shape index (κ1) is 12.3. The Morgan fingerprint density at radius 1 is 1.53 bits per heavy atom. The second-order valence-corrected chi connectivity index (χ2v) is 4.91. The fourth-order valence-corrected chi connectivity index (χ4v) is 2.48. The molecule has 4 nitrogen and oxygen atoms in total. The van der Waals surface area contributed by atoms with E-state index in [9.17, 15) is 0 Å². The van der Waals surface area contributed by atoms with E-state index in [4.69, 9.17) is 5.73 Å². The Bertz CT molecular complexity index is 364. The second kappa shape index (κ2) is 5.47. The molecule has 1 aromatic rings. The molecule has 0 amide bonds. The lowest BCUT2D eigenvalue weighted by Gasteiger charge is -2.38. The van der Waals surface area contributed by atoms with Gasteiger partial charge in [-0.25, -0.2) is 0 Å². The van der Waals surface area contributed by atoms with E-state index in [0.29, 0.717) is 12.6 Å². The summed E-state index contributed by atoms with van der Waals surface area (Å²) in [6.45, 7) is 2.78. The molecule has 0 spiro atoms. The average molecular weight is 234 g/mol. The van der Waals surface area contributed by atoms with Crippen LogP contribution in [-0.4, -0.2) is 43.1 Å². The van der Waals surface area contributed by atoms with Gasteiger partial charge in [0.2, 0.25) is 0 Å². The smallest absolute Gasteiger partial charge is 0.0443 e. The van der Waals surface area contributed by atoms with Gasteiger partial charge in [-0.05, 0) is 33.0 Å². The van der Waals surface area contributed by atoms with Gasteiger partial charge in [-0.3, -0.25) is 4.98 Å². The summed E-state index contributed by atoms with van der Waals surface area (Å²) in [5.41, 5.74) is 8.18. The van der Waals surface area contributed by atoms with Gasteiger partial charge in [-0.15, -0.1) is 0 Å². The Morgan fingerprint density at radius 3 is 3.06 bits per heavy atom. The highest BCUT2D eigenvalue weighted by molar-refractivity contribution is 5.52. The van der Waals surface area contributed by atoms with E-state index in [1.807, 2.05) is 12.4 Å². The average Bonchev–Trinajstić information content (AvgIpc) is 2.39. The highest BCUT2D eigenvalue weighted by atomic mass is 15.2. The lowest BCUT2D eigenvalue weighted by molar-refractivity contribution is 0.258. The number of hydrogen-bond donors (Lipinski definition) is 1. The molecule has 17 heavy (non-hydrogen) atoms. The number of pyridine rings is 1. The SMILES string of the molecule is CN(C)C1CCCN(c2ccncc2CN)C1. The molecular formula is C13H22N4. The second-order valence-electron chi connectivity index (χ2n) is 4.91. The van der Waals surface area contributed by atoms with E-state index in [2.05, 4.69) is 34.9 Å². The van der Waals surface area contributed by atoms with Gasteiger partial charge in [-0.1, -0.05) is 0 Å². The van der Waals surface area contributed by atoms with E-state index >= 15 is 0 Å². The van der Waals surface area contributed by atoms with Gasteiger partial charge >= 0.3 is 0 Å². The summed E-state index contributed by atoms with van der Waals surface area (Å²) in [6.07, 6.45) is 6.27. The van der Waals surface area contributed by atoms with Crippen molar-refractivity contribution in [2.75, 3.05) is 32.1 Å². The van der Waals surface area contributed by atoms with Crippen LogP contribution in [0, 0.1) is 0 Å². The molecule has 1 saturated heterocycles. The van der Waals surface area contributed by atoms with Crippen LogP contribution in [0.2, 0.25) is 0 Å². The van der Waals surface area contributed by atoms with Gasteiger partial charge < -0.3 is 15.5 Å². The fourth-order valence-electron chi connectivity index (χ4n) is 2.48. The zero-order valence-electron chi connectivity index (χ0n) is 10.8. The van der Waals surface area contributed by atoms with Crippen LogP contribution >= 0.6 is 0 Å². The number of likely N-dealkylation sites (N-methyl/N-ethyl adjacent to an activating group) is 1.